The van der Waals surface area contributed by atoms with Gasteiger partial charge in [-0.05, 0) is 77.3 Å². The molecular formula is C28H57NO5Si2. The molecule has 0 unspecified atom stereocenters. The molecule has 0 aromatic heterocycles. The molecule has 0 bridgehead atoms. The van der Waals surface area contributed by atoms with Gasteiger partial charge in [0.05, 0.1) is 18.9 Å². The van der Waals surface area contributed by atoms with E-state index in [2.05, 4.69) is 51.4 Å². The molecule has 1 rings (SSSR count). The molecule has 0 saturated heterocycles. The van der Waals surface area contributed by atoms with E-state index in [-0.39, 0.29) is 12.1 Å². The summed E-state index contributed by atoms with van der Waals surface area (Å²) in [6, 6.07) is 0. The molecule has 0 aliphatic heterocycles. The predicted octanol–water partition coefficient (Wildman–Crippen LogP) is 7.94. The molecule has 8 heteroatoms. The van der Waals surface area contributed by atoms with Gasteiger partial charge < -0.3 is 18.4 Å². The molecule has 0 N–H and O–H groups in total. The lowest BCUT2D eigenvalue weighted by Crippen LogP contribution is -2.36. The first-order valence-corrected chi connectivity index (χ1v) is 21.2. The minimum Gasteiger partial charge on any atom is -0.469 e. The van der Waals surface area contributed by atoms with Gasteiger partial charge in [0.15, 0.2) is 16.6 Å². The molecule has 212 valence electrons. The molecule has 1 aliphatic rings. The number of rotatable bonds is 19. The molecule has 0 aromatic rings. The highest BCUT2D eigenvalue weighted by molar-refractivity contribution is 6.70. The highest BCUT2D eigenvalue weighted by Crippen LogP contribution is 2.41. The molecule has 0 radical (unpaired) electrons. The molecule has 0 heterocycles. The van der Waals surface area contributed by atoms with Gasteiger partial charge in [0.25, 0.3) is 0 Å². The van der Waals surface area contributed by atoms with Crippen molar-refractivity contribution >= 4 is 28.3 Å². The fourth-order valence-electron chi connectivity index (χ4n) is 5.44. The van der Waals surface area contributed by atoms with Crippen LogP contribution in [0.1, 0.15) is 90.4 Å². The van der Waals surface area contributed by atoms with E-state index in [4.69, 9.17) is 18.4 Å². The van der Waals surface area contributed by atoms with E-state index in [1.54, 1.807) is 7.11 Å². The Balaban J connectivity index is 2.91. The summed E-state index contributed by atoms with van der Waals surface area (Å²) in [4.78, 5) is 16.7. The van der Waals surface area contributed by atoms with Crippen LogP contribution in [0.15, 0.2) is 5.16 Å². The standard InChI is InChI=1S/C28H57NO5Si2/c1-10-11-14-17-23(33-35(4,5)6)20-21-25-24(18-15-12-13-16-19-28(30)31-2)26(29-32-3)22-27(25)34-36(7,8)9/h23-25,27H,10-22H2,1-9H3/b29-26-/t23-,24+,25+,27+/m0/s1. The van der Waals surface area contributed by atoms with E-state index in [1.165, 1.54) is 32.1 Å². The maximum atomic E-state index is 11.4. The first kappa shape index (κ1) is 33.3. The quantitative estimate of drug-likeness (QED) is 0.0716. The minimum absolute atomic E-state index is 0.110. The van der Waals surface area contributed by atoms with Crippen LogP contribution >= 0.6 is 0 Å². The van der Waals surface area contributed by atoms with E-state index in [9.17, 15) is 4.79 Å². The average Bonchev–Trinajstić information content (AvgIpc) is 3.07. The summed E-state index contributed by atoms with van der Waals surface area (Å²) >= 11 is 0. The van der Waals surface area contributed by atoms with Crippen molar-refractivity contribution in [1.82, 2.24) is 0 Å². The highest BCUT2D eigenvalue weighted by atomic mass is 28.4. The van der Waals surface area contributed by atoms with Crippen molar-refractivity contribution in [2.24, 2.45) is 17.0 Å². The Bertz CT molecular complexity index is 645. The second-order valence-electron chi connectivity index (χ2n) is 12.5. The number of carbonyl (C=O) groups is 1. The molecule has 0 spiro atoms. The topological polar surface area (TPSA) is 66.4 Å². The largest absolute Gasteiger partial charge is 0.469 e. The number of methoxy groups -OCH3 is 1. The number of oxime groups is 1. The van der Waals surface area contributed by atoms with Gasteiger partial charge in [-0.1, -0.05) is 50.6 Å². The first-order chi connectivity index (χ1) is 16.9. The molecular weight excluding hydrogens is 486 g/mol. The summed E-state index contributed by atoms with van der Waals surface area (Å²) in [5.41, 5.74) is 1.17. The second-order valence-corrected chi connectivity index (χ2v) is 21.4. The molecule has 0 amide bonds. The van der Waals surface area contributed by atoms with Crippen molar-refractivity contribution in [3.8, 4) is 0 Å². The molecule has 4 atom stereocenters. The Morgan fingerprint density at radius 1 is 0.917 bits per heavy atom. The Morgan fingerprint density at radius 3 is 2.19 bits per heavy atom. The smallest absolute Gasteiger partial charge is 0.305 e. The first-order valence-electron chi connectivity index (χ1n) is 14.4. The SMILES string of the molecule is CCCCC[C@@H](CC[C@H]1[C@H](O[Si](C)(C)C)C/C(=N/OC)[C@@H]1CCCCCCC(=O)OC)O[Si](C)(C)C. The lowest BCUT2D eigenvalue weighted by molar-refractivity contribution is -0.140. The van der Waals surface area contributed by atoms with Gasteiger partial charge >= 0.3 is 5.97 Å². The Hall–Kier alpha value is -0.706. The number of nitrogens with zero attached hydrogens (tertiary/aromatic N) is 1. The van der Waals surface area contributed by atoms with Gasteiger partial charge in [-0.3, -0.25) is 4.79 Å². The Morgan fingerprint density at radius 2 is 1.61 bits per heavy atom. The number of carbonyl (C=O) groups excluding carboxylic acids is 1. The summed E-state index contributed by atoms with van der Waals surface area (Å²) in [6.07, 6.45) is 14.4. The third-order valence-electron chi connectivity index (χ3n) is 6.89. The molecule has 1 saturated carbocycles. The van der Waals surface area contributed by atoms with E-state index >= 15 is 0 Å². The van der Waals surface area contributed by atoms with Gasteiger partial charge in [0, 0.05) is 24.9 Å². The van der Waals surface area contributed by atoms with Gasteiger partial charge in [-0.2, -0.15) is 0 Å². The number of esters is 1. The van der Waals surface area contributed by atoms with Crippen molar-refractivity contribution in [3.63, 3.8) is 0 Å². The van der Waals surface area contributed by atoms with Gasteiger partial charge in [0.1, 0.15) is 7.11 Å². The summed E-state index contributed by atoms with van der Waals surface area (Å²) in [7, 11) is -0.179. The van der Waals surface area contributed by atoms with Crippen LogP contribution in [0, 0.1) is 11.8 Å². The Kier molecular flexibility index (Phi) is 15.7. The maximum absolute atomic E-state index is 11.4. The second kappa shape index (κ2) is 17.0. The van der Waals surface area contributed by atoms with Gasteiger partial charge in [-0.15, -0.1) is 0 Å². The fraction of sp³-hybridized carbons (Fsp3) is 0.929. The zero-order chi connectivity index (χ0) is 27.2. The van der Waals surface area contributed by atoms with Crippen molar-refractivity contribution in [2.45, 2.75) is 142 Å². The lowest BCUT2D eigenvalue weighted by Gasteiger charge is -2.32. The van der Waals surface area contributed by atoms with Crippen LogP contribution in [0.5, 0.6) is 0 Å². The van der Waals surface area contributed by atoms with Crippen LogP contribution in [0.3, 0.4) is 0 Å². The van der Waals surface area contributed by atoms with Crippen LogP contribution in [-0.4, -0.2) is 54.7 Å². The molecule has 0 aromatic carbocycles. The van der Waals surface area contributed by atoms with Gasteiger partial charge in [-0.25, -0.2) is 0 Å². The van der Waals surface area contributed by atoms with Crippen LogP contribution < -0.4 is 0 Å². The zero-order valence-corrected chi connectivity index (χ0v) is 27.0. The third kappa shape index (κ3) is 14.3. The van der Waals surface area contributed by atoms with Crippen molar-refractivity contribution in [2.75, 3.05) is 14.2 Å². The van der Waals surface area contributed by atoms with Crippen molar-refractivity contribution < 1.29 is 23.2 Å². The van der Waals surface area contributed by atoms with E-state index in [0.717, 1.165) is 57.8 Å². The number of hydrogen-bond donors (Lipinski definition) is 0. The van der Waals surface area contributed by atoms with E-state index < -0.39 is 16.6 Å². The Labute approximate surface area is 224 Å². The summed E-state index contributed by atoms with van der Waals surface area (Å²) in [6.45, 7) is 16.0. The fourth-order valence-corrected chi connectivity index (χ4v) is 7.84. The van der Waals surface area contributed by atoms with E-state index in [0.29, 0.717) is 24.4 Å². The molecule has 6 nitrogen and oxygen atoms in total. The van der Waals surface area contributed by atoms with Crippen LogP contribution in [-0.2, 0) is 23.2 Å². The highest BCUT2D eigenvalue weighted by Gasteiger charge is 2.43. The summed E-state index contributed by atoms with van der Waals surface area (Å²) in [5.74, 6) is 0.746. The van der Waals surface area contributed by atoms with Crippen LogP contribution in [0.4, 0.5) is 0 Å². The zero-order valence-electron chi connectivity index (χ0n) is 25.0. The number of unbranched alkanes of at least 4 members (excludes halogenated alkanes) is 5. The normalized spacial score (nSPS) is 22.7. The van der Waals surface area contributed by atoms with Crippen LogP contribution in [0.25, 0.3) is 0 Å². The van der Waals surface area contributed by atoms with Crippen molar-refractivity contribution in [3.05, 3.63) is 0 Å². The summed E-state index contributed by atoms with van der Waals surface area (Å²) in [5, 5.41) is 4.50. The van der Waals surface area contributed by atoms with E-state index in [1.807, 2.05) is 0 Å². The molecule has 1 aliphatic carbocycles. The minimum atomic E-state index is -1.69. The monoisotopic (exact) mass is 543 g/mol. The number of ether oxygens (including phenoxy) is 1. The molecule has 36 heavy (non-hydrogen) atoms. The predicted molar refractivity (Wildman–Crippen MR) is 156 cm³/mol. The molecule has 1 fully saturated rings. The van der Waals surface area contributed by atoms with Gasteiger partial charge in [0.2, 0.25) is 0 Å². The summed E-state index contributed by atoms with van der Waals surface area (Å²) < 4.78 is 18.2. The third-order valence-corrected chi connectivity index (χ3v) is 8.94. The lowest BCUT2D eigenvalue weighted by atomic mass is 9.84. The average molecular weight is 544 g/mol. The van der Waals surface area contributed by atoms with Crippen molar-refractivity contribution in [1.29, 1.82) is 0 Å². The van der Waals surface area contributed by atoms with Crippen LogP contribution in [0.2, 0.25) is 39.3 Å². The maximum Gasteiger partial charge on any atom is 0.305 e. The number of hydrogen-bond acceptors (Lipinski definition) is 6.